The molecular weight excluding hydrogens is 887 g/mol. The standard InChI is InChI=1S/C62H99NO8/c1-3-5-7-9-11-13-15-17-18-19-20-21-22-23-24-25-26-27-28-29-30-31-32-33-34-35-36-37-38-40-42-44-46-48-50-52-58(66)63-55(54-70-62-61(69)60(68)59(67)57(53-64)71-62)56(65)51-49-47-45-43-41-39-16-14-12-10-8-6-4-2/h5,7,11,13,17-18,20-21,23-24,26-27,29-30,32-33,35-36,38,40-41,43,49,51,55-57,59-62,64-65,67-69H,3-4,6,8-10,12,14-16,19,22,25,28,31,34,37,39,42,44-48,50,52-54H2,1-2H3,(H,63,66)/b7-5-,13-11-,18-17-,21-20-,24-23-,27-26-,30-29-,33-32-,36-35-,40-38-,43-41+,51-49+. The first kappa shape index (κ1) is 65.1. The second kappa shape index (κ2) is 49.6. The van der Waals surface area contributed by atoms with Crippen LogP contribution in [0.2, 0.25) is 0 Å². The molecule has 1 aliphatic rings. The van der Waals surface area contributed by atoms with Gasteiger partial charge in [0, 0.05) is 6.42 Å². The lowest BCUT2D eigenvalue weighted by Gasteiger charge is -2.40. The smallest absolute Gasteiger partial charge is 0.220 e. The second-order valence-corrected chi connectivity index (χ2v) is 18.3. The minimum Gasteiger partial charge on any atom is -0.394 e. The summed E-state index contributed by atoms with van der Waals surface area (Å²) in [5.74, 6) is -0.219. The fraction of sp³-hybridized carbons (Fsp3) is 0.597. The molecule has 0 spiro atoms. The summed E-state index contributed by atoms with van der Waals surface area (Å²) in [5.41, 5.74) is 0. The van der Waals surface area contributed by atoms with E-state index in [0.29, 0.717) is 12.8 Å². The van der Waals surface area contributed by atoms with Crippen LogP contribution in [0.4, 0.5) is 0 Å². The summed E-state index contributed by atoms with van der Waals surface area (Å²) in [4.78, 5) is 13.0. The monoisotopic (exact) mass is 986 g/mol. The summed E-state index contributed by atoms with van der Waals surface area (Å²) < 4.78 is 11.2. The fourth-order valence-corrected chi connectivity index (χ4v) is 7.55. The van der Waals surface area contributed by atoms with Gasteiger partial charge in [0.25, 0.3) is 0 Å². The Labute approximate surface area is 432 Å². The molecule has 1 saturated heterocycles. The molecule has 1 rings (SSSR count). The minimum absolute atomic E-state index is 0.219. The highest BCUT2D eigenvalue weighted by molar-refractivity contribution is 5.76. The van der Waals surface area contributed by atoms with Crippen LogP contribution in [0.3, 0.4) is 0 Å². The van der Waals surface area contributed by atoms with Gasteiger partial charge in [0.1, 0.15) is 24.4 Å². The zero-order valence-corrected chi connectivity index (χ0v) is 44.2. The number of ether oxygens (including phenoxy) is 2. The summed E-state index contributed by atoms with van der Waals surface area (Å²) >= 11 is 0. The van der Waals surface area contributed by atoms with Crippen molar-refractivity contribution < 1.29 is 39.8 Å². The van der Waals surface area contributed by atoms with Gasteiger partial charge in [-0.2, -0.15) is 0 Å². The Hall–Kier alpha value is -3.93. The first-order valence-electron chi connectivity index (χ1n) is 27.6. The number of allylic oxidation sites excluding steroid dienone is 23. The Bertz CT molecular complexity index is 1610. The summed E-state index contributed by atoms with van der Waals surface area (Å²) in [5, 5.41) is 54.3. The molecule has 9 heteroatoms. The number of carbonyl (C=O) groups excluding carboxylic acids is 1. The number of hydrogen-bond acceptors (Lipinski definition) is 8. The summed E-state index contributed by atoms with van der Waals surface area (Å²) in [6.07, 6.45) is 70.5. The van der Waals surface area contributed by atoms with Crippen LogP contribution < -0.4 is 5.32 Å². The van der Waals surface area contributed by atoms with Gasteiger partial charge in [-0.25, -0.2) is 0 Å². The number of unbranched alkanes of at least 4 members (excludes halogenated alkanes) is 12. The normalized spacial score (nSPS) is 20.5. The molecule has 0 radical (unpaired) electrons. The first-order chi connectivity index (χ1) is 34.8. The van der Waals surface area contributed by atoms with Crippen molar-refractivity contribution in [3.05, 3.63) is 146 Å². The molecule has 0 aromatic heterocycles. The van der Waals surface area contributed by atoms with Gasteiger partial charge in [0.05, 0.1) is 25.4 Å². The average molecular weight is 986 g/mol. The van der Waals surface area contributed by atoms with E-state index >= 15 is 0 Å². The molecule has 9 nitrogen and oxygen atoms in total. The van der Waals surface area contributed by atoms with Crippen LogP contribution in [0.1, 0.15) is 181 Å². The highest BCUT2D eigenvalue weighted by Crippen LogP contribution is 2.22. The lowest BCUT2D eigenvalue weighted by atomic mass is 9.99. The van der Waals surface area contributed by atoms with Crippen molar-refractivity contribution in [1.82, 2.24) is 5.32 Å². The highest BCUT2D eigenvalue weighted by atomic mass is 16.7. The fourth-order valence-electron chi connectivity index (χ4n) is 7.55. The van der Waals surface area contributed by atoms with Crippen molar-refractivity contribution in [2.75, 3.05) is 13.2 Å². The Balaban J connectivity index is 2.25. The van der Waals surface area contributed by atoms with E-state index in [1.807, 2.05) is 6.08 Å². The van der Waals surface area contributed by atoms with E-state index < -0.39 is 49.5 Å². The van der Waals surface area contributed by atoms with Gasteiger partial charge in [-0.1, -0.05) is 211 Å². The van der Waals surface area contributed by atoms with Crippen LogP contribution in [0.5, 0.6) is 0 Å². The average Bonchev–Trinajstić information content (AvgIpc) is 3.37. The molecule has 0 aromatic carbocycles. The molecule has 6 N–H and O–H groups in total. The maximum absolute atomic E-state index is 13.0. The van der Waals surface area contributed by atoms with Gasteiger partial charge >= 0.3 is 0 Å². The van der Waals surface area contributed by atoms with Gasteiger partial charge in [0.15, 0.2) is 6.29 Å². The Kier molecular flexibility index (Phi) is 45.5. The third-order valence-electron chi connectivity index (χ3n) is 11.9. The van der Waals surface area contributed by atoms with Crippen molar-refractivity contribution in [1.29, 1.82) is 0 Å². The van der Waals surface area contributed by atoms with E-state index in [4.69, 9.17) is 9.47 Å². The third kappa shape index (κ3) is 39.3. The number of carbonyl (C=O) groups is 1. The number of nitrogens with one attached hydrogen (secondary N) is 1. The molecule has 0 aliphatic carbocycles. The maximum atomic E-state index is 13.0. The Morgan fingerprint density at radius 1 is 0.493 bits per heavy atom. The molecule has 400 valence electrons. The zero-order chi connectivity index (χ0) is 51.5. The van der Waals surface area contributed by atoms with E-state index in [0.717, 1.165) is 109 Å². The highest BCUT2D eigenvalue weighted by Gasteiger charge is 2.44. The van der Waals surface area contributed by atoms with Crippen molar-refractivity contribution in [2.45, 2.75) is 224 Å². The SMILES string of the molecule is CC/C=C\C/C=C\C/C=C\C/C=C\C/C=C\C/C=C\C/C=C\C/C=C\C/C=C\C/C=C\CCCCCCC(=O)NC(COC1OC(CO)C(O)C(O)C1O)C(O)/C=C/CC/C=C/CCCCCCCCC. The molecule has 0 aromatic rings. The predicted molar refractivity (Wildman–Crippen MR) is 299 cm³/mol. The van der Waals surface area contributed by atoms with Gasteiger partial charge in [-0.15, -0.1) is 0 Å². The number of amides is 1. The maximum Gasteiger partial charge on any atom is 0.220 e. The summed E-state index contributed by atoms with van der Waals surface area (Å²) in [6, 6.07) is -0.846. The van der Waals surface area contributed by atoms with Crippen LogP contribution in [0, 0.1) is 0 Å². The number of aliphatic hydroxyl groups excluding tert-OH is 5. The molecule has 71 heavy (non-hydrogen) atoms. The summed E-state index contributed by atoms with van der Waals surface area (Å²) in [7, 11) is 0. The van der Waals surface area contributed by atoms with Gasteiger partial charge in [-0.05, 0) is 109 Å². The van der Waals surface area contributed by atoms with Gasteiger partial charge < -0.3 is 40.3 Å². The van der Waals surface area contributed by atoms with E-state index in [1.165, 1.54) is 44.9 Å². The van der Waals surface area contributed by atoms with Crippen molar-refractivity contribution >= 4 is 5.91 Å². The van der Waals surface area contributed by atoms with E-state index in [9.17, 15) is 30.3 Å². The third-order valence-corrected chi connectivity index (χ3v) is 11.9. The quantitative estimate of drug-likeness (QED) is 0.0261. The molecule has 1 aliphatic heterocycles. The molecule has 0 saturated carbocycles. The number of rotatable bonds is 44. The topological polar surface area (TPSA) is 149 Å². The number of aliphatic hydroxyl groups is 5. The predicted octanol–water partition coefficient (Wildman–Crippen LogP) is 13.5. The summed E-state index contributed by atoms with van der Waals surface area (Å²) in [6.45, 7) is 3.59. The zero-order valence-electron chi connectivity index (χ0n) is 44.2. The minimum atomic E-state index is -1.59. The van der Waals surface area contributed by atoms with E-state index in [-0.39, 0.29) is 12.5 Å². The molecule has 0 bridgehead atoms. The molecule has 7 unspecified atom stereocenters. The van der Waals surface area contributed by atoms with Crippen LogP contribution in [-0.2, 0) is 14.3 Å². The lowest BCUT2D eigenvalue weighted by Crippen LogP contribution is -2.60. The molecular formula is C62H99NO8. The van der Waals surface area contributed by atoms with Crippen LogP contribution in [-0.4, -0.2) is 87.5 Å². The van der Waals surface area contributed by atoms with Gasteiger partial charge in [-0.3, -0.25) is 4.79 Å². The Morgan fingerprint density at radius 2 is 0.887 bits per heavy atom. The van der Waals surface area contributed by atoms with Crippen LogP contribution in [0.25, 0.3) is 0 Å². The van der Waals surface area contributed by atoms with Crippen molar-refractivity contribution in [3.63, 3.8) is 0 Å². The molecule has 1 fully saturated rings. The van der Waals surface area contributed by atoms with Crippen molar-refractivity contribution in [3.8, 4) is 0 Å². The largest absolute Gasteiger partial charge is 0.394 e. The van der Waals surface area contributed by atoms with E-state index in [1.54, 1.807) is 6.08 Å². The van der Waals surface area contributed by atoms with Gasteiger partial charge in [0.2, 0.25) is 5.91 Å². The molecule has 1 amide bonds. The number of hydrogen-bond donors (Lipinski definition) is 6. The van der Waals surface area contributed by atoms with Crippen molar-refractivity contribution in [2.24, 2.45) is 0 Å². The second-order valence-electron chi connectivity index (χ2n) is 18.3. The van der Waals surface area contributed by atoms with E-state index in [2.05, 4.69) is 153 Å². The first-order valence-corrected chi connectivity index (χ1v) is 27.6. The van der Waals surface area contributed by atoms with Crippen LogP contribution >= 0.6 is 0 Å². The Morgan fingerprint density at radius 3 is 1.35 bits per heavy atom. The van der Waals surface area contributed by atoms with Crippen LogP contribution in [0.15, 0.2) is 146 Å². The lowest BCUT2D eigenvalue weighted by molar-refractivity contribution is -0.302. The molecule has 7 atom stereocenters. The molecule has 1 heterocycles.